The molecule has 0 bridgehead atoms. The lowest BCUT2D eigenvalue weighted by Crippen LogP contribution is -2.24. The smallest absolute Gasteiger partial charge is 0.286 e. The molecule has 0 spiro atoms. The minimum Gasteiger partial charge on any atom is -0.456 e. The monoisotopic (exact) mass is 328 g/mol. The van der Waals surface area contributed by atoms with Crippen molar-refractivity contribution in [2.75, 3.05) is 6.54 Å². The Bertz CT molecular complexity index is 782. The number of carbonyl (C=O) groups is 1. The van der Waals surface area contributed by atoms with Gasteiger partial charge in [0, 0.05) is 37.5 Å². The lowest BCUT2D eigenvalue weighted by Gasteiger charge is -2.03. The fourth-order valence-electron chi connectivity index (χ4n) is 2.49. The Morgan fingerprint density at radius 1 is 1.33 bits per heavy atom. The van der Waals surface area contributed by atoms with Gasteiger partial charge in [0.05, 0.1) is 5.69 Å². The molecule has 0 aliphatic carbocycles. The van der Waals surface area contributed by atoms with Crippen LogP contribution in [0.15, 0.2) is 39.5 Å². The van der Waals surface area contributed by atoms with Crippen molar-refractivity contribution in [2.45, 2.75) is 33.2 Å². The van der Waals surface area contributed by atoms with Crippen molar-refractivity contribution in [1.29, 1.82) is 0 Å². The van der Waals surface area contributed by atoms with Gasteiger partial charge in [-0.05, 0) is 38.5 Å². The lowest BCUT2D eigenvalue weighted by atomic mass is 10.1. The summed E-state index contributed by atoms with van der Waals surface area (Å²) in [6.45, 7) is 5.09. The van der Waals surface area contributed by atoms with Crippen molar-refractivity contribution in [3.63, 3.8) is 0 Å². The van der Waals surface area contributed by atoms with Gasteiger partial charge in [0.15, 0.2) is 5.76 Å². The number of aromatic nitrogens is 3. The Morgan fingerprint density at radius 3 is 2.92 bits per heavy atom. The fourth-order valence-corrected chi connectivity index (χ4v) is 2.49. The molecule has 3 aromatic rings. The molecular formula is C17H20N4O3. The van der Waals surface area contributed by atoms with Crippen molar-refractivity contribution in [1.82, 2.24) is 20.3 Å². The van der Waals surface area contributed by atoms with Crippen LogP contribution in [0.25, 0.3) is 0 Å². The molecule has 7 nitrogen and oxygen atoms in total. The van der Waals surface area contributed by atoms with Gasteiger partial charge in [0.25, 0.3) is 5.91 Å². The second-order valence-electron chi connectivity index (χ2n) is 5.62. The average Bonchev–Trinajstić information content (AvgIpc) is 3.30. The Hall–Kier alpha value is -2.83. The second-order valence-corrected chi connectivity index (χ2v) is 5.62. The summed E-state index contributed by atoms with van der Waals surface area (Å²) in [5.74, 6) is 1.59. The van der Waals surface area contributed by atoms with Crippen LogP contribution >= 0.6 is 0 Å². The number of carbonyl (C=O) groups excluding carboxylic acids is 1. The van der Waals surface area contributed by atoms with Crippen molar-refractivity contribution < 1.29 is 13.7 Å². The number of nitrogens with zero attached hydrogens (tertiary/aromatic N) is 3. The van der Waals surface area contributed by atoms with Crippen LogP contribution in [0, 0.1) is 13.8 Å². The van der Waals surface area contributed by atoms with Crippen LogP contribution in [0.3, 0.4) is 0 Å². The maximum absolute atomic E-state index is 12.1. The van der Waals surface area contributed by atoms with Crippen LogP contribution < -0.4 is 5.32 Å². The van der Waals surface area contributed by atoms with Crippen molar-refractivity contribution in [2.24, 2.45) is 0 Å². The number of amides is 1. The van der Waals surface area contributed by atoms with Crippen LogP contribution in [0.2, 0.25) is 0 Å². The molecule has 0 saturated carbocycles. The summed E-state index contributed by atoms with van der Waals surface area (Å²) in [5, 5.41) is 10.9. The zero-order valence-corrected chi connectivity index (χ0v) is 13.8. The van der Waals surface area contributed by atoms with Crippen LogP contribution in [-0.4, -0.2) is 27.4 Å². The first-order valence-electron chi connectivity index (χ1n) is 7.89. The third-order valence-corrected chi connectivity index (χ3v) is 3.83. The molecule has 0 aliphatic rings. The SMILES string of the molecule is Cc1noc(C)c1Cc1ccc(C(=O)NCCCn2cccn2)o1. The summed E-state index contributed by atoms with van der Waals surface area (Å²) < 4.78 is 12.6. The number of furan rings is 1. The second kappa shape index (κ2) is 7.16. The Labute approximate surface area is 139 Å². The number of rotatable bonds is 7. The van der Waals surface area contributed by atoms with Crippen LogP contribution in [0.4, 0.5) is 0 Å². The Kier molecular flexibility index (Phi) is 4.79. The molecule has 3 rings (SSSR count). The largest absolute Gasteiger partial charge is 0.456 e. The summed E-state index contributed by atoms with van der Waals surface area (Å²) in [6, 6.07) is 5.38. The van der Waals surface area contributed by atoms with E-state index in [4.69, 9.17) is 8.94 Å². The highest BCUT2D eigenvalue weighted by atomic mass is 16.5. The molecule has 7 heteroatoms. The average molecular weight is 328 g/mol. The van der Waals surface area contributed by atoms with Gasteiger partial charge >= 0.3 is 0 Å². The number of hydrogen-bond acceptors (Lipinski definition) is 5. The van der Waals surface area contributed by atoms with Gasteiger partial charge in [-0.2, -0.15) is 5.10 Å². The molecule has 126 valence electrons. The first-order valence-corrected chi connectivity index (χ1v) is 7.89. The van der Waals surface area contributed by atoms with Gasteiger partial charge in [-0.25, -0.2) is 0 Å². The molecule has 1 N–H and O–H groups in total. The van der Waals surface area contributed by atoms with Crippen molar-refractivity contribution in [3.05, 3.63) is 59.1 Å². The number of nitrogens with one attached hydrogen (secondary N) is 1. The molecule has 0 aliphatic heterocycles. The molecule has 1 amide bonds. The Balaban J connectivity index is 1.50. The lowest BCUT2D eigenvalue weighted by molar-refractivity contribution is 0.0923. The van der Waals surface area contributed by atoms with E-state index in [0.29, 0.717) is 24.5 Å². The first kappa shape index (κ1) is 16.0. The maximum atomic E-state index is 12.1. The van der Waals surface area contributed by atoms with Crippen molar-refractivity contribution in [3.8, 4) is 0 Å². The predicted octanol–water partition coefficient (Wildman–Crippen LogP) is 2.49. The summed E-state index contributed by atoms with van der Waals surface area (Å²) in [5.41, 5.74) is 1.84. The zero-order valence-electron chi connectivity index (χ0n) is 13.8. The number of aryl methyl sites for hydroxylation is 3. The molecular weight excluding hydrogens is 308 g/mol. The van der Waals surface area contributed by atoms with Crippen LogP contribution in [0.1, 0.15) is 39.8 Å². The van der Waals surface area contributed by atoms with Crippen LogP contribution in [-0.2, 0) is 13.0 Å². The summed E-state index contributed by atoms with van der Waals surface area (Å²) in [7, 11) is 0. The van der Waals surface area contributed by atoms with Gasteiger partial charge in [-0.1, -0.05) is 5.16 Å². The maximum Gasteiger partial charge on any atom is 0.286 e. The fraction of sp³-hybridized carbons (Fsp3) is 0.353. The van der Waals surface area contributed by atoms with E-state index in [1.54, 1.807) is 12.3 Å². The topological polar surface area (TPSA) is 86.1 Å². The molecule has 24 heavy (non-hydrogen) atoms. The summed E-state index contributed by atoms with van der Waals surface area (Å²) in [6.07, 6.45) is 5.01. The standard InChI is InChI=1S/C17H20N4O3/c1-12-15(13(2)24-20-12)11-14-5-6-16(23-14)17(22)18-7-3-9-21-10-4-8-19-21/h4-6,8,10H,3,7,9,11H2,1-2H3,(H,18,22). The van der Waals surface area contributed by atoms with E-state index in [9.17, 15) is 4.79 Å². The van der Waals surface area contributed by atoms with Gasteiger partial charge in [0.1, 0.15) is 11.5 Å². The molecule has 0 atom stereocenters. The molecule has 3 heterocycles. The van der Waals surface area contributed by atoms with E-state index in [1.807, 2.05) is 36.9 Å². The summed E-state index contributed by atoms with van der Waals surface area (Å²) in [4.78, 5) is 12.1. The Morgan fingerprint density at radius 2 is 2.21 bits per heavy atom. The van der Waals surface area contributed by atoms with E-state index < -0.39 is 0 Å². The molecule has 0 aromatic carbocycles. The van der Waals surface area contributed by atoms with E-state index in [-0.39, 0.29) is 5.91 Å². The highest BCUT2D eigenvalue weighted by Gasteiger charge is 2.14. The van der Waals surface area contributed by atoms with Gasteiger partial charge in [-0.15, -0.1) is 0 Å². The minimum absolute atomic E-state index is 0.208. The van der Waals surface area contributed by atoms with E-state index >= 15 is 0 Å². The van der Waals surface area contributed by atoms with E-state index in [0.717, 1.165) is 30.0 Å². The molecule has 0 radical (unpaired) electrons. The van der Waals surface area contributed by atoms with E-state index in [2.05, 4.69) is 15.6 Å². The minimum atomic E-state index is -0.208. The van der Waals surface area contributed by atoms with Crippen molar-refractivity contribution >= 4 is 5.91 Å². The molecule has 0 saturated heterocycles. The van der Waals surface area contributed by atoms with E-state index in [1.165, 1.54) is 0 Å². The first-order chi connectivity index (χ1) is 11.6. The molecule has 3 aromatic heterocycles. The number of hydrogen-bond donors (Lipinski definition) is 1. The van der Waals surface area contributed by atoms with Gasteiger partial charge in [-0.3, -0.25) is 9.48 Å². The van der Waals surface area contributed by atoms with Crippen LogP contribution in [0.5, 0.6) is 0 Å². The predicted molar refractivity (Wildman–Crippen MR) is 86.7 cm³/mol. The summed E-state index contributed by atoms with van der Waals surface area (Å²) >= 11 is 0. The molecule has 0 fully saturated rings. The highest BCUT2D eigenvalue weighted by Crippen LogP contribution is 2.19. The third kappa shape index (κ3) is 3.73. The third-order valence-electron chi connectivity index (χ3n) is 3.83. The van der Waals surface area contributed by atoms with Gasteiger partial charge < -0.3 is 14.3 Å². The normalized spacial score (nSPS) is 10.9. The zero-order chi connectivity index (χ0) is 16.9. The quantitative estimate of drug-likeness (QED) is 0.673. The van der Waals surface area contributed by atoms with Gasteiger partial charge in [0.2, 0.25) is 0 Å². The highest BCUT2D eigenvalue weighted by molar-refractivity contribution is 5.91. The molecule has 0 unspecified atom stereocenters.